The number of nitrogens with two attached hydrogens (primary N) is 1. The molecule has 0 heterocycles. The number of nitrogens with zero attached hydrogens (tertiary/aromatic N) is 1. The average Bonchev–Trinajstić information content (AvgIpc) is 4.45. The molecule has 0 bridgehead atoms. The standard InChI is InChI=1S/C35H52N4O9S.C22H31N3O6S/c1-6-26-22-35(26,37-30(41)24-39(23-25-16-12-13-17-25)33(44)48-34(2,3)4)32(43)38-49(45,46)28-19-15-14-18-27(28)36-29(40)20-10-8-7-9-11-21-31(42)47-5;1-3-16-15-22(16,23)21(28)25-32(29,30)18-12-10-9-11-17(18)24-19(26)13-7-5-4-6-8-14-20(27)31-2/h6,14-15,18-19,25-26H,1,7-13,16-17,20-24H2,2-5H3,(H,36,40)(H,37,41)(H,38,43);3,9-12,16H,1,4-8,13-15,23H2,2H3,(H,24,26)(H,25,28)/t26-,35-;16-,22-/m11/s1. The van der Waals surface area contributed by atoms with E-state index in [9.17, 15) is 55.2 Å². The van der Waals surface area contributed by atoms with Gasteiger partial charge in [0.25, 0.3) is 31.9 Å². The molecule has 0 spiro atoms. The van der Waals surface area contributed by atoms with Crippen molar-refractivity contribution < 1.29 is 69.4 Å². The van der Waals surface area contributed by atoms with E-state index in [0.29, 0.717) is 45.1 Å². The predicted molar refractivity (Wildman–Crippen MR) is 304 cm³/mol. The van der Waals surface area contributed by atoms with E-state index < -0.39 is 66.5 Å². The van der Waals surface area contributed by atoms with Crippen molar-refractivity contribution in [3.8, 4) is 0 Å². The number of ether oxygens (including phenoxy) is 3. The number of hydrogen-bond donors (Lipinski definition) is 6. The molecule has 81 heavy (non-hydrogen) atoms. The summed E-state index contributed by atoms with van der Waals surface area (Å²) in [6, 6.07) is 11.6. The van der Waals surface area contributed by atoms with Gasteiger partial charge in [0.05, 0.1) is 25.6 Å². The Labute approximate surface area is 477 Å². The Balaban J connectivity index is 0.000000381. The fraction of sp³-hybridized carbons (Fsp3) is 0.579. The van der Waals surface area contributed by atoms with Gasteiger partial charge < -0.3 is 35.9 Å². The summed E-state index contributed by atoms with van der Waals surface area (Å²) in [4.78, 5) is 100. The fourth-order valence-corrected chi connectivity index (χ4v) is 11.8. The molecule has 3 fully saturated rings. The first-order valence-electron chi connectivity index (χ1n) is 27.6. The fourth-order valence-electron chi connectivity index (χ4n) is 9.34. The van der Waals surface area contributed by atoms with Gasteiger partial charge in [-0.1, -0.05) is 87.8 Å². The number of nitrogens with one attached hydrogen (secondary N) is 5. The van der Waals surface area contributed by atoms with Crippen molar-refractivity contribution in [2.45, 2.75) is 176 Å². The highest BCUT2D eigenvalue weighted by molar-refractivity contribution is 7.90. The molecule has 0 saturated heterocycles. The lowest BCUT2D eigenvalue weighted by Gasteiger charge is -2.29. The highest BCUT2D eigenvalue weighted by Gasteiger charge is 2.61. The molecule has 2 aromatic rings. The summed E-state index contributed by atoms with van der Waals surface area (Å²) in [6.07, 6.45) is 15.6. The van der Waals surface area contributed by atoms with Crippen LogP contribution in [0.1, 0.15) is 149 Å². The normalized spacial score (nSPS) is 19.2. The summed E-state index contributed by atoms with van der Waals surface area (Å²) in [5, 5.41) is 7.93. The zero-order valence-electron chi connectivity index (χ0n) is 47.4. The van der Waals surface area contributed by atoms with Crippen LogP contribution in [0.25, 0.3) is 0 Å². The van der Waals surface area contributed by atoms with Gasteiger partial charge in [-0.3, -0.25) is 38.5 Å². The SMILES string of the molecule is C=C[C@@H]1C[C@]1(N)C(=O)NS(=O)(=O)c1ccccc1NC(=O)CCCCCCCC(=O)OC.C=C[C@@H]1C[C@]1(NC(=O)CN(CC1CCCC1)C(=O)OC(C)(C)C)C(=O)NS(=O)(=O)c1ccccc1NC(=O)CCCCCCCC(=O)OC. The first-order chi connectivity index (χ1) is 38.2. The number of unbranched alkanes of at least 4 members (excludes halogenated alkanes) is 8. The molecular weight excluding hydrogens is 1090 g/mol. The minimum Gasteiger partial charge on any atom is -0.469 e. The molecule has 0 aromatic heterocycles. The molecule has 0 radical (unpaired) electrons. The van der Waals surface area contributed by atoms with Gasteiger partial charge in [-0.05, 0) is 102 Å². The van der Waals surface area contributed by atoms with Crippen LogP contribution in [0.4, 0.5) is 16.2 Å². The van der Waals surface area contributed by atoms with Crippen LogP contribution in [0.5, 0.6) is 0 Å². The molecule has 4 atom stereocenters. The van der Waals surface area contributed by atoms with Crippen molar-refractivity contribution >= 4 is 79.0 Å². The Morgan fingerprint density at radius 2 is 1.06 bits per heavy atom. The summed E-state index contributed by atoms with van der Waals surface area (Å²) in [7, 11) is -6.00. The molecule has 3 saturated carbocycles. The molecule has 22 nitrogen and oxygen atoms in total. The lowest BCUT2D eigenvalue weighted by atomic mass is 10.1. The Morgan fingerprint density at radius 3 is 1.48 bits per heavy atom. The second-order valence-corrected chi connectivity index (χ2v) is 25.1. The zero-order valence-corrected chi connectivity index (χ0v) is 49.1. The second kappa shape index (κ2) is 31.0. The number of rotatable bonds is 31. The topological polar surface area (TPSA) is 322 Å². The van der Waals surface area contributed by atoms with Crippen LogP contribution in [0, 0.1) is 17.8 Å². The minimum atomic E-state index is -4.49. The van der Waals surface area contributed by atoms with Gasteiger partial charge >= 0.3 is 18.0 Å². The van der Waals surface area contributed by atoms with Crippen molar-refractivity contribution in [3.63, 3.8) is 0 Å². The van der Waals surface area contributed by atoms with E-state index in [1.807, 2.05) is 4.72 Å². The van der Waals surface area contributed by atoms with Crippen molar-refractivity contribution in [1.29, 1.82) is 0 Å². The van der Waals surface area contributed by atoms with E-state index in [1.165, 1.54) is 67.7 Å². The maximum atomic E-state index is 13.6. The first kappa shape index (κ1) is 66.8. The predicted octanol–water partition coefficient (Wildman–Crippen LogP) is 7.06. The van der Waals surface area contributed by atoms with Crippen LogP contribution in [0.2, 0.25) is 0 Å². The molecule has 6 amide bonds. The average molecular weight is 1170 g/mol. The van der Waals surface area contributed by atoms with Gasteiger partial charge in [0.2, 0.25) is 17.7 Å². The van der Waals surface area contributed by atoms with Gasteiger partial charge in [-0.25, -0.2) is 31.1 Å². The lowest BCUT2D eigenvalue weighted by Crippen LogP contribution is -2.54. The first-order valence-corrected chi connectivity index (χ1v) is 30.6. The Morgan fingerprint density at radius 1 is 0.630 bits per heavy atom. The summed E-state index contributed by atoms with van der Waals surface area (Å²) < 4.78 is 71.3. The second-order valence-electron chi connectivity index (χ2n) is 21.8. The number of benzene rings is 2. The van der Waals surface area contributed by atoms with Crippen molar-refractivity contribution in [1.82, 2.24) is 19.7 Å². The number of anilines is 2. The van der Waals surface area contributed by atoms with Gasteiger partial charge in [-0.2, -0.15) is 0 Å². The van der Waals surface area contributed by atoms with E-state index >= 15 is 0 Å². The minimum absolute atomic E-state index is 0.0138. The number of carbonyl (C=O) groups excluding carboxylic acids is 8. The molecule has 7 N–H and O–H groups in total. The van der Waals surface area contributed by atoms with Crippen LogP contribution in [-0.4, -0.2) is 113 Å². The number of esters is 2. The highest BCUT2D eigenvalue weighted by Crippen LogP contribution is 2.45. The molecule has 0 aliphatic heterocycles. The third kappa shape index (κ3) is 21.3. The molecule has 0 unspecified atom stereocenters. The van der Waals surface area contributed by atoms with E-state index in [1.54, 1.807) is 32.9 Å². The zero-order chi connectivity index (χ0) is 60.0. The van der Waals surface area contributed by atoms with Gasteiger partial charge in [-0.15, -0.1) is 13.2 Å². The Bertz CT molecular complexity index is 2800. The molecule has 5 rings (SSSR count). The third-order valence-corrected chi connectivity index (χ3v) is 16.9. The lowest BCUT2D eigenvalue weighted by molar-refractivity contribution is -0.141. The van der Waals surface area contributed by atoms with Crippen LogP contribution in [0.3, 0.4) is 0 Å². The number of methoxy groups -OCH3 is 2. The smallest absolute Gasteiger partial charge is 0.410 e. The third-order valence-electron chi connectivity index (χ3n) is 14.2. The van der Waals surface area contributed by atoms with Crippen LogP contribution in [-0.2, 0) is 67.8 Å². The molecular formula is C57H83N7O15S2. The molecule has 2 aromatic carbocycles. The van der Waals surface area contributed by atoms with Crippen LogP contribution < -0.4 is 31.1 Å². The number of para-hydroxylation sites is 2. The van der Waals surface area contributed by atoms with E-state index in [0.717, 1.165) is 70.6 Å². The van der Waals surface area contributed by atoms with Gasteiger partial charge in [0, 0.05) is 44.1 Å². The summed E-state index contributed by atoms with van der Waals surface area (Å²) in [5.74, 6) is -4.13. The summed E-state index contributed by atoms with van der Waals surface area (Å²) in [5.41, 5.74) is 2.42. The quantitative estimate of drug-likeness (QED) is 0.0190. The van der Waals surface area contributed by atoms with E-state index in [-0.39, 0.29) is 82.6 Å². The van der Waals surface area contributed by atoms with Crippen LogP contribution in [0.15, 0.2) is 83.6 Å². The van der Waals surface area contributed by atoms with Crippen LogP contribution >= 0.6 is 0 Å². The monoisotopic (exact) mass is 1170 g/mol. The number of carbonyl (C=O) groups is 8. The summed E-state index contributed by atoms with van der Waals surface area (Å²) in [6.45, 7) is 12.5. The highest BCUT2D eigenvalue weighted by atomic mass is 32.2. The molecule has 3 aliphatic rings. The number of sulfonamides is 2. The van der Waals surface area contributed by atoms with Gasteiger partial charge in [0.1, 0.15) is 33.0 Å². The van der Waals surface area contributed by atoms with Crippen molar-refractivity contribution in [2.24, 2.45) is 23.5 Å². The van der Waals surface area contributed by atoms with E-state index in [2.05, 4.69) is 43.3 Å². The summed E-state index contributed by atoms with van der Waals surface area (Å²) >= 11 is 0. The largest absolute Gasteiger partial charge is 0.469 e. The maximum Gasteiger partial charge on any atom is 0.410 e. The number of amides is 6. The van der Waals surface area contributed by atoms with E-state index in [4.69, 9.17) is 10.5 Å². The van der Waals surface area contributed by atoms with Crippen molar-refractivity contribution in [2.75, 3.05) is 37.9 Å². The Kier molecular flexibility index (Phi) is 25.6. The molecule has 3 aliphatic carbocycles. The molecule has 448 valence electrons. The van der Waals surface area contributed by atoms with Gasteiger partial charge in [0.15, 0.2) is 0 Å². The maximum absolute atomic E-state index is 13.6. The number of hydrogen-bond acceptors (Lipinski definition) is 16. The van der Waals surface area contributed by atoms with Crippen molar-refractivity contribution in [3.05, 3.63) is 73.8 Å². The Hall–Kier alpha value is -6.66. The molecule has 24 heteroatoms.